The fraction of sp³-hybridized carbons (Fsp3) is 0.611. The summed E-state index contributed by atoms with van der Waals surface area (Å²) in [6.07, 6.45) is 6.96. The van der Waals surface area contributed by atoms with Crippen LogP contribution < -0.4 is 4.90 Å². The Kier molecular flexibility index (Phi) is 3.33. The van der Waals surface area contributed by atoms with Crippen molar-refractivity contribution in [1.82, 2.24) is 20.1 Å². The van der Waals surface area contributed by atoms with E-state index in [1.54, 1.807) is 0 Å². The second-order valence-corrected chi connectivity index (χ2v) is 7.50. The van der Waals surface area contributed by atoms with Crippen LogP contribution in [0.2, 0.25) is 0 Å². The lowest BCUT2D eigenvalue weighted by atomic mass is 10.1. The van der Waals surface area contributed by atoms with Crippen molar-refractivity contribution in [2.24, 2.45) is 0 Å². The summed E-state index contributed by atoms with van der Waals surface area (Å²) >= 11 is 0. The molecule has 0 atom stereocenters. The molecule has 0 unspecified atom stereocenters. The summed E-state index contributed by atoms with van der Waals surface area (Å²) < 4.78 is 5.86. The summed E-state index contributed by atoms with van der Waals surface area (Å²) in [5, 5.41) is 8.77. The van der Waals surface area contributed by atoms with Crippen LogP contribution in [-0.4, -0.2) is 46.3 Å². The topological polar surface area (TPSA) is 58.3 Å². The predicted octanol–water partition coefficient (Wildman–Crippen LogP) is 2.54. The molecule has 2 aromatic heterocycles. The van der Waals surface area contributed by atoms with Crippen molar-refractivity contribution in [3.8, 4) is 0 Å². The Morgan fingerprint density at radius 3 is 2.58 bits per heavy atom. The SMILES string of the molecule is CN(Cc1ncc(C2CC2)o1)C1CN(c2ccc(C3CC3)nn2)C1. The Labute approximate surface area is 141 Å². The maximum atomic E-state index is 5.86. The lowest BCUT2D eigenvalue weighted by Crippen LogP contribution is -2.58. The second-order valence-electron chi connectivity index (χ2n) is 7.50. The van der Waals surface area contributed by atoms with Crippen molar-refractivity contribution in [2.45, 2.75) is 50.1 Å². The Hall–Kier alpha value is -1.95. The van der Waals surface area contributed by atoms with E-state index in [9.17, 15) is 0 Å². The van der Waals surface area contributed by atoms with E-state index in [4.69, 9.17) is 4.42 Å². The third-order valence-corrected chi connectivity index (χ3v) is 5.41. The minimum absolute atomic E-state index is 0.520. The number of aromatic nitrogens is 3. The molecule has 0 aromatic carbocycles. The van der Waals surface area contributed by atoms with Crippen LogP contribution in [0.15, 0.2) is 22.7 Å². The molecule has 126 valence electrons. The molecule has 0 bridgehead atoms. The highest BCUT2D eigenvalue weighted by Crippen LogP contribution is 2.40. The largest absolute Gasteiger partial charge is 0.444 e. The molecular formula is C18H23N5O. The maximum absolute atomic E-state index is 5.86. The van der Waals surface area contributed by atoms with E-state index in [-0.39, 0.29) is 0 Å². The standard InChI is InChI=1S/C18H23N5O/c1-22(11-18-19-8-16(24-18)13-4-5-13)14-9-23(10-14)17-7-6-15(20-21-17)12-2-3-12/h6-8,12-14H,2-5,9-11H2,1H3. The van der Waals surface area contributed by atoms with Gasteiger partial charge in [-0.15, -0.1) is 5.10 Å². The van der Waals surface area contributed by atoms with Crippen LogP contribution in [0.25, 0.3) is 0 Å². The first-order chi connectivity index (χ1) is 11.8. The van der Waals surface area contributed by atoms with Gasteiger partial charge in [0, 0.05) is 31.0 Å². The number of likely N-dealkylation sites (N-methyl/N-ethyl adjacent to an activating group) is 1. The normalized spacial score (nSPS) is 21.3. The van der Waals surface area contributed by atoms with Gasteiger partial charge < -0.3 is 9.32 Å². The smallest absolute Gasteiger partial charge is 0.208 e. The highest BCUT2D eigenvalue weighted by atomic mass is 16.4. The summed E-state index contributed by atoms with van der Waals surface area (Å²) in [4.78, 5) is 9.04. The number of anilines is 1. The summed E-state index contributed by atoms with van der Waals surface area (Å²) in [7, 11) is 2.14. The van der Waals surface area contributed by atoms with Gasteiger partial charge in [0.2, 0.25) is 5.89 Å². The molecule has 24 heavy (non-hydrogen) atoms. The quantitative estimate of drug-likeness (QED) is 0.813. The van der Waals surface area contributed by atoms with Gasteiger partial charge in [-0.25, -0.2) is 4.98 Å². The van der Waals surface area contributed by atoms with Crippen LogP contribution in [-0.2, 0) is 6.54 Å². The minimum Gasteiger partial charge on any atom is -0.444 e. The number of hydrogen-bond acceptors (Lipinski definition) is 6. The fourth-order valence-corrected chi connectivity index (χ4v) is 3.32. The van der Waals surface area contributed by atoms with Crippen molar-refractivity contribution in [3.63, 3.8) is 0 Å². The Morgan fingerprint density at radius 2 is 1.92 bits per heavy atom. The van der Waals surface area contributed by atoms with Gasteiger partial charge in [0.25, 0.3) is 0 Å². The van der Waals surface area contributed by atoms with E-state index in [1.165, 1.54) is 25.7 Å². The molecule has 0 spiro atoms. The van der Waals surface area contributed by atoms with E-state index in [2.05, 4.69) is 44.2 Å². The molecule has 2 saturated carbocycles. The van der Waals surface area contributed by atoms with Gasteiger partial charge in [0.15, 0.2) is 5.82 Å². The molecule has 2 aromatic rings. The molecular weight excluding hydrogens is 302 g/mol. The zero-order valence-corrected chi connectivity index (χ0v) is 14.1. The van der Waals surface area contributed by atoms with Crippen LogP contribution >= 0.6 is 0 Å². The number of hydrogen-bond donors (Lipinski definition) is 0. The zero-order chi connectivity index (χ0) is 16.1. The van der Waals surface area contributed by atoms with E-state index in [0.29, 0.717) is 17.9 Å². The molecule has 0 N–H and O–H groups in total. The van der Waals surface area contributed by atoms with E-state index >= 15 is 0 Å². The third kappa shape index (κ3) is 2.79. The summed E-state index contributed by atoms with van der Waals surface area (Å²) in [5.41, 5.74) is 1.16. The first-order valence-electron chi connectivity index (χ1n) is 8.99. The highest BCUT2D eigenvalue weighted by Gasteiger charge is 2.33. The highest BCUT2D eigenvalue weighted by molar-refractivity contribution is 5.42. The van der Waals surface area contributed by atoms with Gasteiger partial charge in [-0.3, -0.25) is 4.90 Å². The van der Waals surface area contributed by atoms with Gasteiger partial charge >= 0.3 is 0 Å². The molecule has 0 radical (unpaired) electrons. The molecule has 0 amide bonds. The monoisotopic (exact) mass is 325 g/mol. The first kappa shape index (κ1) is 14.4. The van der Waals surface area contributed by atoms with Crippen molar-refractivity contribution >= 4 is 5.82 Å². The van der Waals surface area contributed by atoms with Crippen molar-refractivity contribution in [1.29, 1.82) is 0 Å². The molecule has 3 aliphatic rings. The lowest BCUT2D eigenvalue weighted by Gasteiger charge is -2.44. The zero-order valence-electron chi connectivity index (χ0n) is 14.1. The molecule has 3 fully saturated rings. The molecule has 2 aliphatic carbocycles. The van der Waals surface area contributed by atoms with Crippen LogP contribution in [0.5, 0.6) is 0 Å². The van der Waals surface area contributed by atoms with Gasteiger partial charge in [0.1, 0.15) is 5.76 Å². The minimum atomic E-state index is 0.520. The Bertz CT molecular complexity index is 713. The fourth-order valence-electron chi connectivity index (χ4n) is 3.32. The average molecular weight is 325 g/mol. The predicted molar refractivity (Wildman–Crippen MR) is 90.0 cm³/mol. The van der Waals surface area contributed by atoms with Gasteiger partial charge in [0.05, 0.1) is 18.4 Å². The van der Waals surface area contributed by atoms with Crippen LogP contribution in [0.4, 0.5) is 5.82 Å². The average Bonchev–Trinajstić information content (AvgIpc) is 3.46. The summed E-state index contributed by atoms with van der Waals surface area (Å²) in [5.74, 6) is 4.21. The first-order valence-corrected chi connectivity index (χ1v) is 8.99. The van der Waals surface area contributed by atoms with Crippen molar-refractivity contribution < 1.29 is 4.42 Å². The third-order valence-electron chi connectivity index (χ3n) is 5.41. The lowest BCUT2D eigenvalue weighted by molar-refractivity contribution is 0.179. The molecule has 6 heteroatoms. The number of nitrogens with zero attached hydrogens (tertiary/aromatic N) is 5. The Morgan fingerprint density at radius 1 is 1.12 bits per heavy atom. The summed E-state index contributed by atoms with van der Waals surface area (Å²) in [6, 6.07) is 4.78. The second kappa shape index (κ2) is 5.55. The van der Waals surface area contributed by atoms with Gasteiger partial charge in [-0.1, -0.05) is 0 Å². The van der Waals surface area contributed by atoms with E-state index < -0.39 is 0 Å². The van der Waals surface area contributed by atoms with E-state index in [1.807, 2.05) is 6.20 Å². The van der Waals surface area contributed by atoms with Crippen molar-refractivity contribution in [2.75, 3.05) is 25.0 Å². The Balaban J connectivity index is 1.14. The van der Waals surface area contributed by atoms with Crippen LogP contribution in [0.3, 0.4) is 0 Å². The summed E-state index contributed by atoms with van der Waals surface area (Å²) in [6.45, 7) is 2.76. The molecule has 6 nitrogen and oxygen atoms in total. The number of rotatable bonds is 6. The molecule has 1 saturated heterocycles. The van der Waals surface area contributed by atoms with Crippen molar-refractivity contribution in [3.05, 3.63) is 35.7 Å². The van der Waals surface area contributed by atoms with E-state index in [0.717, 1.165) is 42.8 Å². The van der Waals surface area contributed by atoms with Crippen LogP contribution in [0.1, 0.15) is 54.9 Å². The van der Waals surface area contributed by atoms with Crippen LogP contribution in [0, 0.1) is 0 Å². The number of oxazole rings is 1. The molecule has 3 heterocycles. The molecule has 5 rings (SSSR count). The van der Waals surface area contributed by atoms with Gasteiger partial charge in [-0.2, -0.15) is 5.10 Å². The van der Waals surface area contributed by atoms with Gasteiger partial charge in [-0.05, 0) is 44.9 Å². The molecule has 1 aliphatic heterocycles. The maximum Gasteiger partial charge on any atom is 0.208 e.